The summed E-state index contributed by atoms with van der Waals surface area (Å²) in [5, 5.41) is 0. The van der Waals surface area contributed by atoms with Crippen molar-refractivity contribution >= 4 is 5.96 Å². The van der Waals surface area contributed by atoms with Gasteiger partial charge in [0.15, 0.2) is 5.96 Å². The minimum Gasteiger partial charge on any atom is -0.370 e. The maximum atomic E-state index is 6.08. The maximum absolute atomic E-state index is 6.08. The number of rotatable bonds is 2. The predicted molar refractivity (Wildman–Crippen MR) is 68.4 cm³/mol. The highest BCUT2D eigenvalue weighted by Gasteiger charge is 2.45. The zero-order valence-electron chi connectivity index (χ0n) is 10.9. The van der Waals surface area contributed by atoms with Crippen LogP contribution in [0.2, 0.25) is 0 Å². The first-order chi connectivity index (χ1) is 7.59. The van der Waals surface area contributed by atoms with Crippen molar-refractivity contribution < 1.29 is 0 Å². The molecule has 0 aromatic carbocycles. The van der Waals surface area contributed by atoms with Crippen LogP contribution in [0.3, 0.4) is 0 Å². The SMILES string of the molecule is CCC(C)N1C(N)=NCC12CCCC(C)C2. The summed E-state index contributed by atoms with van der Waals surface area (Å²) in [7, 11) is 0. The van der Waals surface area contributed by atoms with Gasteiger partial charge >= 0.3 is 0 Å². The van der Waals surface area contributed by atoms with Crippen molar-refractivity contribution in [3.05, 3.63) is 0 Å². The van der Waals surface area contributed by atoms with Crippen LogP contribution in [0.1, 0.15) is 52.9 Å². The minimum atomic E-state index is 0.261. The topological polar surface area (TPSA) is 41.6 Å². The van der Waals surface area contributed by atoms with E-state index in [-0.39, 0.29) is 5.54 Å². The molecule has 0 saturated heterocycles. The third kappa shape index (κ3) is 1.80. The van der Waals surface area contributed by atoms with Crippen LogP contribution in [0.25, 0.3) is 0 Å². The summed E-state index contributed by atoms with van der Waals surface area (Å²) in [6, 6.07) is 0.525. The van der Waals surface area contributed by atoms with Crippen molar-refractivity contribution in [2.24, 2.45) is 16.6 Å². The van der Waals surface area contributed by atoms with E-state index in [0.717, 1.165) is 24.8 Å². The van der Waals surface area contributed by atoms with Gasteiger partial charge in [-0.3, -0.25) is 4.99 Å². The molecular weight excluding hydrogens is 198 g/mol. The molecule has 3 atom stereocenters. The van der Waals surface area contributed by atoms with Gasteiger partial charge in [-0.2, -0.15) is 0 Å². The molecule has 1 aliphatic carbocycles. The molecule has 3 nitrogen and oxygen atoms in total. The number of guanidine groups is 1. The number of hydrogen-bond acceptors (Lipinski definition) is 3. The fourth-order valence-corrected chi connectivity index (χ4v) is 3.49. The molecule has 0 radical (unpaired) electrons. The Bertz CT molecular complexity index is 287. The van der Waals surface area contributed by atoms with Crippen LogP contribution in [0, 0.1) is 5.92 Å². The van der Waals surface area contributed by atoms with E-state index in [1.54, 1.807) is 0 Å². The summed E-state index contributed by atoms with van der Waals surface area (Å²) in [6.45, 7) is 7.79. The lowest BCUT2D eigenvalue weighted by Gasteiger charge is -2.46. The Morgan fingerprint density at radius 2 is 2.38 bits per heavy atom. The minimum absolute atomic E-state index is 0.261. The second-order valence-corrected chi connectivity index (χ2v) is 5.73. The summed E-state index contributed by atoms with van der Waals surface area (Å²) in [4.78, 5) is 6.94. The largest absolute Gasteiger partial charge is 0.370 e. The van der Waals surface area contributed by atoms with Crippen molar-refractivity contribution in [3.8, 4) is 0 Å². The first-order valence-electron chi connectivity index (χ1n) is 6.68. The van der Waals surface area contributed by atoms with Crippen molar-refractivity contribution in [2.45, 2.75) is 64.5 Å². The van der Waals surface area contributed by atoms with E-state index in [9.17, 15) is 0 Å². The first-order valence-corrected chi connectivity index (χ1v) is 6.68. The first kappa shape index (κ1) is 11.7. The standard InChI is InChI=1S/C13H25N3/c1-4-11(3)16-12(14)15-9-13(16)7-5-6-10(2)8-13/h10-11H,4-9H2,1-3H3,(H2,14,15). The number of nitrogens with zero attached hydrogens (tertiary/aromatic N) is 2. The molecule has 0 aromatic rings. The van der Waals surface area contributed by atoms with Crippen LogP contribution in [0.5, 0.6) is 0 Å². The molecule has 0 aromatic heterocycles. The number of hydrogen-bond donors (Lipinski definition) is 1. The molecule has 1 fully saturated rings. The van der Waals surface area contributed by atoms with Crippen LogP contribution < -0.4 is 5.73 Å². The molecule has 1 aliphatic heterocycles. The van der Waals surface area contributed by atoms with Crippen molar-refractivity contribution in [1.29, 1.82) is 0 Å². The van der Waals surface area contributed by atoms with Gasteiger partial charge in [0.2, 0.25) is 0 Å². The van der Waals surface area contributed by atoms with Gasteiger partial charge in [-0.05, 0) is 32.1 Å². The van der Waals surface area contributed by atoms with Gasteiger partial charge in [0, 0.05) is 6.04 Å². The van der Waals surface area contributed by atoms with E-state index in [1.165, 1.54) is 25.7 Å². The molecule has 2 aliphatic rings. The van der Waals surface area contributed by atoms with Crippen LogP contribution in [0.4, 0.5) is 0 Å². The Morgan fingerprint density at radius 3 is 3.00 bits per heavy atom. The van der Waals surface area contributed by atoms with Crippen molar-refractivity contribution in [1.82, 2.24) is 4.90 Å². The molecule has 3 unspecified atom stereocenters. The quantitative estimate of drug-likeness (QED) is 0.781. The van der Waals surface area contributed by atoms with Crippen molar-refractivity contribution in [2.75, 3.05) is 6.54 Å². The van der Waals surface area contributed by atoms with Gasteiger partial charge in [-0.1, -0.05) is 26.7 Å². The fourth-order valence-electron chi connectivity index (χ4n) is 3.49. The monoisotopic (exact) mass is 223 g/mol. The molecule has 1 spiro atoms. The highest BCUT2D eigenvalue weighted by Crippen LogP contribution is 2.40. The zero-order chi connectivity index (χ0) is 11.8. The zero-order valence-corrected chi connectivity index (χ0v) is 10.9. The summed E-state index contributed by atoms with van der Waals surface area (Å²) < 4.78 is 0. The van der Waals surface area contributed by atoms with Gasteiger partial charge in [0.1, 0.15) is 0 Å². The lowest BCUT2D eigenvalue weighted by atomic mass is 9.75. The van der Waals surface area contributed by atoms with Gasteiger partial charge in [-0.25, -0.2) is 0 Å². The Labute approximate surface area is 99.1 Å². The van der Waals surface area contributed by atoms with Crippen molar-refractivity contribution in [3.63, 3.8) is 0 Å². The van der Waals surface area contributed by atoms with Gasteiger partial charge in [0.05, 0.1) is 12.1 Å². The van der Waals surface area contributed by atoms with Crippen LogP contribution in [-0.2, 0) is 0 Å². The predicted octanol–water partition coefficient (Wildman–Crippen LogP) is 2.36. The number of nitrogens with two attached hydrogens (primary N) is 1. The smallest absolute Gasteiger partial charge is 0.192 e. The Kier molecular flexibility index (Phi) is 3.13. The molecule has 1 saturated carbocycles. The normalized spacial score (nSPS) is 36.6. The molecule has 92 valence electrons. The Hall–Kier alpha value is -0.730. The molecule has 1 heterocycles. The third-order valence-corrected chi connectivity index (χ3v) is 4.39. The van der Waals surface area contributed by atoms with Crippen LogP contribution in [0.15, 0.2) is 4.99 Å². The molecule has 2 rings (SSSR count). The Balaban J connectivity index is 2.20. The fraction of sp³-hybridized carbons (Fsp3) is 0.923. The third-order valence-electron chi connectivity index (χ3n) is 4.39. The molecule has 0 bridgehead atoms. The van der Waals surface area contributed by atoms with E-state index in [0.29, 0.717) is 6.04 Å². The summed E-state index contributed by atoms with van der Waals surface area (Å²) in [5.41, 5.74) is 6.34. The van der Waals surface area contributed by atoms with E-state index in [1.807, 2.05) is 0 Å². The van der Waals surface area contributed by atoms with Crippen LogP contribution in [-0.4, -0.2) is 29.0 Å². The molecule has 16 heavy (non-hydrogen) atoms. The lowest BCUT2D eigenvalue weighted by Crippen LogP contribution is -2.57. The van der Waals surface area contributed by atoms with Gasteiger partial charge in [0.25, 0.3) is 0 Å². The number of aliphatic imine (C=N–C) groups is 1. The van der Waals surface area contributed by atoms with Gasteiger partial charge < -0.3 is 10.6 Å². The van der Waals surface area contributed by atoms with Crippen LogP contribution >= 0.6 is 0 Å². The summed E-state index contributed by atoms with van der Waals surface area (Å²) in [6.07, 6.45) is 6.38. The molecule has 2 N–H and O–H groups in total. The van der Waals surface area contributed by atoms with E-state index in [2.05, 4.69) is 30.7 Å². The van der Waals surface area contributed by atoms with E-state index in [4.69, 9.17) is 5.73 Å². The summed E-state index contributed by atoms with van der Waals surface area (Å²) in [5.74, 6) is 1.60. The lowest BCUT2D eigenvalue weighted by molar-refractivity contribution is 0.0846. The molecule has 3 heteroatoms. The highest BCUT2D eigenvalue weighted by molar-refractivity contribution is 5.81. The average Bonchev–Trinajstić information content (AvgIpc) is 2.55. The van der Waals surface area contributed by atoms with E-state index < -0.39 is 0 Å². The average molecular weight is 223 g/mol. The maximum Gasteiger partial charge on any atom is 0.192 e. The molecule has 0 amide bonds. The van der Waals surface area contributed by atoms with E-state index >= 15 is 0 Å². The summed E-state index contributed by atoms with van der Waals surface area (Å²) >= 11 is 0. The Morgan fingerprint density at radius 1 is 1.62 bits per heavy atom. The van der Waals surface area contributed by atoms with Gasteiger partial charge in [-0.15, -0.1) is 0 Å². The second-order valence-electron chi connectivity index (χ2n) is 5.73. The second kappa shape index (κ2) is 4.27. The molecular formula is C13H25N3. The highest BCUT2D eigenvalue weighted by atomic mass is 15.4.